The highest BCUT2D eigenvalue weighted by atomic mass is 79.9. The highest BCUT2D eigenvalue weighted by Gasteiger charge is 2.26. The van der Waals surface area contributed by atoms with Crippen LogP contribution in [0.25, 0.3) is 0 Å². The Kier molecular flexibility index (Phi) is 7.67. The molecule has 0 spiro atoms. The minimum Gasteiger partial charge on any atom is -0.469 e. The Labute approximate surface area is 198 Å². The molecule has 3 heterocycles. The maximum Gasteiger partial charge on any atom is 0.305 e. The van der Waals surface area contributed by atoms with Crippen LogP contribution in [0.15, 0.2) is 51.0 Å². The van der Waals surface area contributed by atoms with E-state index in [2.05, 4.69) is 37.2 Å². The van der Waals surface area contributed by atoms with Gasteiger partial charge in [0.2, 0.25) is 0 Å². The topological polar surface area (TPSA) is 76.0 Å². The maximum atomic E-state index is 13.6. The number of rotatable bonds is 7. The van der Waals surface area contributed by atoms with Crippen LogP contribution >= 0.6 is 27.3 Å². The van der Waals surface area contributed by atoms with Crippen LogP contribution < -0.4 is 5.32 Å². The van der Waals surface area contributed by atoms with Crippen LogP contribution in [0, 0.1) is 5.82 Å². The van der Waals surface area contributed by atoms with E-state index in [0.29, 0.717) is 36.3 Å². The van der Waals surface area contributed by atoms with Gasteiger partial charge < -0.3 is 14.8 Å². The van der Waals surface area contributed by atoms with Gasteiger partial charge in [-0.15, -0.1) is 11.3 Å². The van der Waals surface area contributed by atoms with Crippen molar-refractivity contribution in [1.29, 1.82) is 0 Å². The van der Waals surface area contributed by atoms with Crippen molar-refractivity contribution in [1.82, 2.24) is 15.2 Å². The quantitative estimate of drug-likeness (QED) is 0.559. The molecule has 1 saturated heterocycles. The molecule has 0 radical (unpaired) electrons. The molecule has 170 valence electrons. The number of morpholine rings is 1. The third-order valence-corrected chi connectivity index (χ3v) is 6.80. The van der Waals surface area contributed by atoms with Crippen molar-refractivity contribution in [3.63, 3.8) is 0 Å². The van der Waals surface area contributed by atoms with E-state index in [1.54, 1.807) is 12.3 Å². The van der Waals surface area contributed by atoms with Crippen LogP contribution in [0.5, 0.6) is 0 Å². The van der Waals surface area contributed by atoms with Gasteiger partial charge in [-0.05, 0) is 30.2 Å². The van der Waals surface area contributed by atoms with Crippen molar-refractivity contribution < 1.29 is 18.7 Å². The fraction of sp³-hybridized carbons (Fsp3) is 0.409. The summed E-state index contributed by atoms with van der Waals surface area (Å²) in [5.74, 6) is 0.183. The van der Waals surface area contributed by atoms with Gasteiger partial charge in [0.25, 0.3) is 0 Å². The average molecular weight is 523 g/mol. The third kappa shape index (κ3) is 5.80. The SMILES string of the molecule is COC(=O)CCC1CN(CC2=CC(c3ccc(F)cc3Br)N=C(c3nccs3)N2)CCO1. The number of ether oxygens (including phenoxy) is 2. The molecule has 4 rings (SSSR count). The largest absolute Gasteiger partial charge is 0.469 e. The first kappa shape index (κ1) is 23.0. The number of nitrogens with one attached hydrogen (secondary N) is 1. The van der Waals surface area contributed by atoms with Gasteiger partial charge in [0.05, 0.1) is 25.9 Å². The van der Waals surface area contributed by atoms with Crippen molar-refractivity contribution >= 4 is 39.1 Å². The predicted octanol–water partition coefficient (Wildman–Crippen LogP) is 3.67. The summed E-state index contributed by atoms with van der Waals surface area (Å²) in [7, 11) is 1.40. The maximum absolute atomic E-state index is 13.6. The second-order valence-electron chi connectivity index (χ2n) is 7.59. The van der Waals surface area contributed by atoms with Crippen LogP contribution in [0.4, 0.5) is 4.39 Å². The number of carbonyl (C=O) groups is 1. The minimum atomic E-state index is -0.297. The third-order valence-electron chi connectivity index (χ3n) is 5.34. The first-order valence-electron chi connectivity index (χ1n) is 10.3. The zero-order chi connectivity index (χ0) is 22.5. The number of methoxy groups -OCH3 is 1. The summed E-state index contributed by atoms with van der Waals surface area (Å²) in [6.45, 7) is 2.81. The summed E-state index contributed by atoms with van der Waals surface area (Å²) in [4.78, 5) is 23.0. The van der Waals surface area contributed by atoms with Crippen LogP contribution in [-0.4, -0.2) is 61.1 Å². The molecular weight excluding hydrogens is 499 g/mol. The Balaban J connectivity index is 1.50. The predicted molar refractivity (Wildman–Crippen MR) is 124 cm³/mol. The molecule has 2 aromatic rings. The molecule has 2 aliphatic heterocycles. The van der Waals surface area contributed by atoms with E-state index in [0.717, 1.165) is 29.4 Å². The Bertz CT molecular complexity index is 1010. The number of aliphatic imine (C=N–C) groups is 1. The number of amidine groups is 1. The van der Waals surface area contributed by atoms with E-state index in [1.807, 2.05) is 5.38 Å². The van der Waals surface area contributed by atoms with E-state index in [9.17, 15) is 9.18 Å². The lowest BCUT2D eigenvalue weighted by Gasteiger charge is -2.34. The molecule has 2 atom stereocenters. The molecule has 0 bridgehead atoms. The molecular formula is C22H24BrFN4O3S. The molecule has 0 saturated carbocycles. The number of hydrogen-bond donors (Lipinski definition) is 1. The van der Waals surface area contributed by atoms with Crippen LogP contribution in [-0.2, 0) is 14.3 Å². The molecule has 1 fully saturated rings. The lowest BCUT2D eigenvalue weighted by Crippen LogP contribution is -2.45. The fourth-order valence-corrected chi connectivity index (χ4v) is 4.93. The molecule has 32 heavy (non-hydrogen) atoms. The van der Waals surface area contributed by atoms with E-state index >= 15 is 0 Å². The van der Waals surface area contributed by atoms with Gasteiger partial charge in [-0.1, -0.05) is 22.0 Å². The summed E-state index contributed by atoms with van der Waals surface area (Å²) in [6.07, 6.45) is 4.78. The van der Waals surface area contributed by atoms with Crippen molar-refractivity contribution in [2.75, 3.05) is 33.4 Å². The van der Waals surface area contributed by atoms with Gasteiger partial charge in [0, 0.05) is 47.8 Å². The van der Waals surface area contributed by atoms with Crippen molar-refractivity contribution in [2.24, 2.45) is 4.99 Å². The number of esters is 1. The fourth-order valence-electron chi connectivity index (χ4n) is 3.76. The number of nitrogens with zero attached hydrogens (tertiary/aromatic N) is 3. The van der Waals surface area contributed by atoms with Crippen molar-refractivity contribution in [3.8, 4) is 0 Å². The molecule has 1 aromatic heterocycles. The molecule has 7 nitrogen and oxygen atoms in total. The highest BCUT2D eigenvalue weighted by Crippen LogP contribution is 2.31. The monoisotopic (exact) mass is 522 g/mol. The molecule has 1 aromatic carbocycles. The summed E-state index contributed by atoms with van der Waals surface area (Å²) >= 11 is 4.99. The zero-order valence-corrected chi connectivity index (χ0v) is 20.0. The van der Waals surface area contributed by atoms with Gasteiger partial charge in [-0.25, -0.2) is 9.37 Å². The first-order chi connectivity index (χ1) is 15.5. The van der Waals surface area contributed by atoms with Crippen LogP contribution in [0.2, 0.25) is 0 Å². The van der Waals surface area contributed by atoms with Crippen molar-refractivity contribution in [3.05, 3.63) is 62.4 Å². The van der Waals surface area contributed by atoms with E-state index in [-0.39, 0.29) is 23.9 Å². The standard InChI is InChI=1S/C22H24BrFN4O3S/c1-30-20(29)5-3-16-13-28(7-8-31-16)12-15-11-19(17-4-2-14(24)10-18(17)23)27-21(26-15)22-25-6-9-32-22/h2,4,6,9-11,16,19H,3,5,7-8,12-13H2,1H3,(H,26,27). The average Bonchev–Trinajstić information content (AvgIpc) is 3.32. The van der Waals surface area contributed by atoms with Gasteiger partial charge in [0.15, 0.2) is 10.8 Å². The molecule has 0 aliphatic carbocycles. The normalized spacial score (nSPS) is 21.5. The molecule has 1 N–H and O–H groups in total. The van der Waals surface area contributed by atoms with E-state index in [4.69, 9.17) is 14.5 Å². The molecule has 10 heteroatoms. The Morgan fingerprint density at radius 2 is 2.34 bits per heavy atom. The van der Waals surface area contributed by atoms with Crippen LogP contribution in [0.3, 0.4) is 0 Å². The van der Waals surface area contributed by atoms with E-state index < -0.39 is 0 Å². The summed E-state index contributed by atoms with van der Waals surface area (Å²) < 4.78 is 24.9. The van der Waals surface area contributed by atoms with Gasteiger partial charge >= 0.3 is 5.97 Å². The smallest absolute Gasteiger partial charge is 0.305 e. The number of carbonyl (C=O) groups excluding carboxylic acids is 1. The number of benzene rings is 1. The van der Waals surface area contributed by atoms with Crippen molar-refractivity contribution in [2.45, 2.75) is 25.0 Å². The summed E-state index contributed by atoms with van der Waals surface area (Å²) in [6, 6.07) is 4.39. The molecule has 2 unspecified atom stereocenters. The van der Waals surface area contributed by atoms with E-state index in [1.165, 1.54) is 30.6 Å². The molecule has 2 aliphatic rings. The summed E-state index contributed by atoms with van der Waals surface area (Å²) in [5, 5.41) is 6.13. The van der Waals surface area contributed by atoms with Crippen LogP contribution in [0.1, 0.15) is 29.5 Å². The lowest BCUT2D eigenvalue weighted by atomic mass is 10.0. The highest BCUT2D eigenvalue weighted by molar-refractivity contribution is 9.10. The lowest BCUT2D eigenvalue weighted by molar-refractivity contribution is -0.141. The number of hydrogen-bond acceptors (Lipinski definition) is 8. The first-order valence-corrected chi connectivity index (χ1v) is 12.0. The van der Waals surface area contributed by atoms with Gasteiger partial charge in [-0.2, -0.15) is 0 Å². The second-order valence-corrected chi connectivity index (χ2v) is 9.33. The summed E-state index contributed by atoms with van der Waals surface area (Å²) in [5.41, 5.74) is 1.89. The van der Waals surface area contributed by atoms with Gasteiger partial charge in [0.1, 0.15) is 5.82 Å². The Morgan fingerprint density at radius 1 is 1.47 bits per heavy atom. The zero-order valence-electron chi connectivity index (χ0n) is 17.6. The number of aromatic nitrogens is 1. The molecule has 0 amide bonds. The number of halogens is 2. The Hall–Kier alpha value is -2.14. The van der Waals surface area contributed by atoms with Gasteiger partial charge in [-0.3, -0.25) is 14.7 Å². The Morgan fingerprint density at radius 3 is 3.09 bits per heavy atom. The second kappa shape index (κ2) is 10.7. The minimum absolute atomic E-state index is 0.0128. The number of thiazole rings is 1.